The molecule has 31 heavy (non-hydrogen) atoms. The molecule has 0 N–H and O–H groups in total. The monoisotopic (exact) mass is 453 g/mol. The van der Waals surface area contributed by atoms with Crippen molar-refractivity contribution in [1.29, 1.82) is 5.26 Å². The highest BCUT2D eigenvalue weighted by Crippen LogP contribution is 2.25. The Hall–Kier alpha value is -3.21. The smallest absolute Gasteiger partial charge is 0.358 e. The van der Waals surface area contributed by atoms with Crippen LogP contribution in [0, 0.1) is 25.2 Å². The molecule has 0 spiro atoms. The van der Waals surface area contributed by atoms with Gasteiger partial charge < -0.3 is 9.64 Å². The van der Waals surface area contributed by atoms with Gasteiger partial charge in [-0.05, 0) is 49.2 Å². The van der Waals surface area contributed by atoms with E-state index >= 15 is 0 Å². The van der Waals surface area contributed by atoms with Crippen LogP contribution in [-0.4, -0.2) is 30.0 Å². The molecule has 0 aliphatic heterocycles. The molecule has 1 heterocycles. The van der Waals surface area contributed by atoms with E-state index in [1.165, 1.54) is 16.2 Å². The van der Waals surface area contributed by atoms with Gasteiger partial charge >= 0.3 is 5.97 Å². The van der Waals surface area contributed by atoms with Gasteiger partial charge in [0, 0.05) is 28.2 Å². The van der Waals surface area contributed by atoms with E-state index in [1.54, 1.807) is 17.5 Å². The molecule has 0 aliphatic rings. The average Bonchev–Trinajstić information content (AvgIpc) is 3.22. The molecule has 3 aromatic rings. The molecule has 0 radical (unpaired) electrons. The van der Waals surface area contributed by atoms with E-state index in [0.717, 1.165) is 16.7 Å². The van der Waals surface area contributed by atoms with Gasteiger partial charge in [0.2, 0.25) is 0 Å². The van der Waals surface area contributed by atoms with Gasteiger partial charge in [-0.15, -0.1) is 11.3 Å². The number of rotatable bonds is 7. The summed E-state index contributed by atoms with van der Waals surface area (Å²) in [6.45, 7) is 3.65. The van der Waals surface area contributed by atoms with Gasteiger partial charge in [-0.3, -0.25) is 4.79 Å². The van der Waals surface area contributed by atoms with Crippen LogP contribution in [0.15, 0.2) is 47.8 Å². The lowest BCUT2D eigenvalue weighted by molar-refractivity contribution is -0.121. The van der Waals surface area contributed by atoms with E-state index in [4.69, 9.17) is 21.6 Å². The van der Waals surface area contributed by atoms with Gasteiger partial charge in [0.05, 0.1) is 12.5 Å². The second-order valence-electron chi connectivity index (χ2n) is 6.92. The molecule has 0 atom stereocenters. The molecule has 8 heteroatoms. The molecule has 0 saturated carbocycles. The Bertz CT molecular complexity index is 1120. The third-order valence-corrected chi connectivity index (χ3v) is 5.54. The summed E-state index contributed by atoms with van der Waals surface area (Å²) in [4.78, 5) is 30.9. The van der Waals surface area contributed by atoms with Gasteiger partial charge in [0.15, 0.2) is 12.3 Å². The highest BCUT2D eigenvalue weighted by molar-refractivity contribution is 7.13. The zero-order valence-corrected chi connectivity index (χ0v) is 18.7. The first kappa shape index (κ1) is 22.5. The first-order valence-electron chi connectivity index (χ1n) is 9.51. The molecule has 2 aromatic carbocycles. The number of anilines is 1. The molecule has 1 aromatic heterocycles. The molecule has 3 rings (SSSR count). The lowest BCUT2D eigenvalue weighted by Gasteiger charge is -2.22. The number of aryl methyl sites for hydroxylation is 2. The lowest BCUT2D eigenvalue weighted by Crippen LogP contribution is -2.35. The highest BCUT2D eigenvalue weighted by Gasteiger charge is 2.20. The first-order valence-corrected chi connectivity index (χ1v) is 10.8. The summed E-state index contributed by atoms with van der Waals surface area (Å²) in [5, 5.41) is 11.8. The maximum atomic E-state index is 12.8. The Morgan fingerprint density at radius 2 is 1.84 bits per heavy atom. The normalized spacial score (nSPS) is 10.4. The number of amides is 1. The fourth-order valence-corrected chi connectivity index (χ4v) is 3.96. The number of halogens is 1. The molecule has 158 valence electrons. The van der Waals surface area contributed by atoms with Crippen molar-refractivity contribution in [3.63, 3.8) is 0 Å². The standard InChI is InChI=1S/C23H20ClN3O3S/c1-15-10-16(2)12-19(11-15)27(9-3-8-25)21(28)13-30-23(29)20-14-31-22(26-20)17-4-6-18(24)7-5-17/h4-7,10-12,14H,3,9,13H2,1-2H3. The minimum atomic E-state index is -0.675. The van der Waals surface area contributed by atoms with Crippen LogP contribution in [0.4, 0.5) is 5.69 Å². The number of thiazole rings is 1. The average molecular weight is 454 g/mol. The number of nitriles is 1. The minimum absolute atomic E-state index is 0.137. The van der Waals surface area contributed by atoms with Crippen molar-refractivity contribution in [3.05, 3.63) is 69.7 Å². The van der Waals surface area contributed by atoms with Gasteiger partial charge in [0.25, 0.3) is 5.91 Å². The highest BCUT2D eigenvalue weighted by atomic mass is 35.5. The fraction of sp³-hybridized carbons (Fsp3) is 0.217. The number of nitrogens with zero attached hydrogens (tertiary/aromatic N) is 3. The van der Waals surface area contributed by atoms with Crippen molar-refractivity contribution in [1.82, 2.24) is 4.98 Å². The molecule has 0 saturated heterocycles. The fourth-order valence-electron chi connectivity index (χ4n) is 3.04. The molecule has 0 fully saturated rings. The number of benzene rings is 2. The Balaban J connectivity index is 1.68. The van der Waals surface area contributed by atoms with Crippen molar-refractivity contribution >= 4 is 40.5 Å². The number of hydrogen-bond acceptors (Lipinski definition) is 6. The van der Waals surface area contributed by atoms with E-state index < -0.39 is 18.5 Å². The maximum absolute atomic E-state index is 12.8. The topological polar surface area (TPSA) is 83.3 Å². The third-order valence-electron chi connectivity index (χ3n) is 4.40. The van der Waals surface area contributed by atoms with Crippen LogP contribution in [0.25, 0.3) is 10.6 Å². The molecule has 6 nitrogen and oxygen atoms in total. The zero-order valence-electron chi connectivity index (χ0n) is 17.1. The SMILES string of the molecule is Cc1cc(C)cc(N(CCC#N)C(=O)COC(=O)c2csc(-c3ccc(Cl)cc3)n2)c1. The molecular weight excluding hydrogens is 434 g/mol. The van der Waals surface area contributed by atoms with Crippen molar-refractivity contribution < 1.29 is 14.3 Å². The number of hydrogen-bond donors (Lipinski definition) is 0. The van der Waals surface area contributed by atoms with E-state index in [1.807, 2.05) is 50.2 Å². The zero-order chi connectivity index (χ0) is 22.4. The Labute approximate surface area is 189 Å². The van der Waals surface area contributed by atoms with Crippen molar-refractivity contribution in [2.45, 2.75) is 20.3 Å². The third kappa shape index (κ3) is 5.91. The molecule has 0 bridgehead atoms. The van der Waals surface area contributed by atoms with Crippen LogP contribution < -0.4 is 4.90 Å². The quantitative estimate of drug-likeness (QED) is 0.460. The Kier molecular flexibility index (Phi) is 7.40. The van der Waals surface area contributed by atoms with Crippen LogP contribution in [0.5, 0.6) is 0 Å². The van der Waals surface area contributed by atoms with Gasteiger partial charge in [-0.1, -0.05) is 29.8 Å². The second-order valence-corrected chi connectivity index (χ2v) is 8.21. The summed E-state index contributed by atoms with van der Waals surface area (Å²) >= 11 is 7.20. The van der Waals surface area contributed by atoms with Crippen LogP contribution in [-0.2, 0) is 9.53 Å². The summed E-state index contributed by atoms with van der Waals surface area (Å²) in [6.07, 6.45) is 0.170. The van der Waals surface area contributed by atoms with E-state index in [9.17, 15) is 9.59 Å². The predicted octanol–water partition coefficient (Wildman–Crippen LogP) is 5.18. The summed E-state index contributed by atoms with van der Waals surface area (Å²) in [6, 6.07) is 14.9. The molecule has 0 unspecified atom stereocenters. The van der Waals surface area contributed by atoms with Gasteiger partial charge in [0.1, 0.15) is 5.01 Å². The van der Waals surface area contributed by atoms with Crippen molar-refractivity contribution in [3.8, 4) is 16.6 Å². The Morgan fingerprint density at radius 1 is 1.16 bits per heavy atom. The molecule has 1 amide bonds. The Morgan fingerprint density at radius 3 is 2.48 bits per heavy atom. The summed E-state index contributed by atoms with van der Waals surface area (Å²) in [5.74, 6) is -1.08. The summed E-state index contributed by atoms with van der Waals surface area (Å²) in [7, 11) is 0. The minimum Gasteiger partial charge on any atom is -0.451 e. The summed E-state index contributed by atoms with van der Waals surface area (Å²) < 4.78 is 5.21. The van der Waals surface area contributed by atoms with Gasteiger partial charge in [-0.25, -0.2) is 9.78 Å². The second kappa shape index (κ2) is 10.2. The van der Waals surface area contributed by atoms with Crippen molar-refractivity contribution in [2.24, 2.45) is 0 Å². The number of aromatic nitrogens is 1. The number of esters is 1. The van der Waals surface area contributed by atoms with E-state index in [2.05, 4.69) is 4.98 Å². The number of carbonyl (C=O) groups excluding carboxylic acids is 2. The summed E-state index contributed by atoms with van der Waals surface area (Å²) in [5.41, 5.74) is 3.64. The van der Waals surface area contributed by atoms with Crippen LogP contribution in [0.1, 0.15) is 28.0 Å². The largest absolute Gasteiger partial charge is 0.451 e. The lowest BCUT2D eigenvalue weighted by atomic mass is 10.1. The maximum Gasteiger partial charge on any atom is 0.358 e. The predicted molar refractivity (Wildman–Crippen MR) is 121 cm³/mol. The van der Waals surface area contributed by atoms with Crippen LogP contribution in [0.3, 0.4) is 0 Å². The number of ether oxygens (including phenoxy) is 1. The van der Waals surface area contributed by atoms with Crippen molar-refractivity contribution in [2.75, 3.05) is 18.1 Å². The van der Waals surface area contributed by atoms with Crippen LogP contribution in [0.2, 0.25) is 5.02 Å². The van der Waals surface area contributed by atoms with Crippen LogP contribution >= 0.6 is 22.9 Å². The number of carbonyl (C=O) groups is 2. The van der Waals surface area contributed by atoms with E-state index in [-0.39, 0.29) is 18.7 Å². The van der Waals surface area contributed by atoms with Gasteiger partial charge in [-0.2, -0.15) is 5.26 Å². The molecule has 0 aliphatic carbocycles. The molecular formula is C23H20ClN3O3S. The first-order chi connectivity index (χ1) is 14.9. The van der Waals surface area contributed by atoms with E-state index in [0.29, 0.717) is 15.7 Å².